The van der Waals surface area contributed by atoms with E-state index in [0.717, 1.165) is 17.9 Å². The molecule has 1 aromatic heterocycles. The van der Waals surface area contributed by atoms with Crippen LogP contribution >= 0.6 is 23.5 Å². The molecule has 0 bridgehead atoms. The topological polar surface area (TPSA) is 57.0 Å². The van der Waals surface area contributed by atoms with E-state index in [4.69, 9.17) is 4.74 Å². The molecule has 0 fully saturated rings. The molecule has 5 nitrogen and oxygen atoms in total. The fourth-order valence-electron chi connectivity index (χ4n) is 2.49. The predicted octanol–water partition coefficient (Wildman–Crippen LogP) is 4.91. The molecular formula is C21H23N3O2S2. The second-order valence-corrected chi connectivity index (χ2v) is 8.17. The third-order valence-electron chi connectivity index (χ3n) is 3.89. The third kappa shape index (κ3) is 5.62. The lowest BCUT2D eigenvalue weighted by atomic mass is 10.2. The van der Waals surface area contributed by atoms with Crippen molar-refractivity contribution in [1.29, 1.82) is 0 Å². The van der Waals surface area contributed by atoms with Crippen LogP contribution < -0.4 is 0 Å². The number of rotatable bonds is 9. The third-order valence-corrected chi connectivity index (χ3v) is 5.80. The summed E-state index contributed by atoms with van der Waals surface area (Å²) in [5, 5.41) is 9.40. The SMILES string of the molecule is CCCOC(=O)CSc1nnc(CSc2ccc(C)cc2)n1-c1ccccc1. The first-order chi connectivity index (χ1) is 13.7. The first kappa shape index (κ1) is 20.5. The number of aryl methyl sites for hydroxylation is 1. The highest BCUT2D eigenvalue weighted by molar-refractivity contribution is 7.99. The van der Waals surface area contributed by atoms with E-state index in [9.17, 15) is 4.79 Å². The molecule has 0 atom stereocenters. The minimum absolute atomic E-state index is 0.218. The van der Waals surface area contributed by atoms with Crippen molar-refractivity contribution in [3.05, 3.63) is 66.0 Å². The van der Waals surface area contributed by atoms with Crippen LogP contribution in [-0.4, -0.2) is 33.1 Å². The van der Waals surface area contributed by atoms with Gasteiger partial charge in [0, 0.05) is 10.6 Å². The van der Waals surface area contributed by atoms with Crippen molar-refractivity contribution < 1.29 is 9.53 Å². The average Bonchev–Trinajstić information content (AvgIpc) is 3.13. The van der Waals surface area contributed by atoms with Crippen molar-refractivity contribution in [1.82, 2.24) is 14.8 Å². The number of nitrogens with zero attached hydrogens (tertiary/aromatic N) is 3. The summed E-state index contributed by atoms with van der Waals surface area (Å²) in [6, 6.07) is 18.4. The van der Waals surface area contributed by atoms with E-state index < -0.39 is 0 Å². The average molecular weight is 414 g/mol. The Kier molecular flexibility index (Phi) is 7.56. The Hall–Kier alpha value is -2.25. The van der Waals surface area contributed by atoms with Gasteiger partial charge in [-0.2, -0.15) is 0 Å². The molecule has 28 heavy (non-hydrogen) atoms. The Morgan fingerprint density at radius 1 is 1.04 bits per heavy atom. The maximum atomic E-state index is 11.9. The van der Waals surface area contributed by atoms with E-state index in [2.05, 4.69) is 41.4 Å². The Morgan fingerprint density at radius 3 is 2.50 bits per heavy atom. The fraction of sp³-hybridized carbons (Fsp3) is 0.286. The van der Waals surface area contributed by atoms with E-state index >= 15 is 0 Å². The fourth-order valence-corrected chi connectivity index (χ4v) is 4.07. The van der Waals surface area contributed by atoms with Gasteiger partial charge >= 0.3 is 5.97 Å². The number of esters is 1. The molecule has 0 saturated carbocycles. The molecule has 0 spiro atoms. The highest BCUT2D eigenvalue weighted by Crippen LogP contribution is 2.27. The van der Waals surface area contributed by atoms with Gasteiger partial charge in [-0.05, 0) is 37.6 Å². The van der Waals surface area contributed by atoms with Crippen LogP contribution in [0.5, 0.6) is 0 Å². The summed E-state index contributed by atoms with van der Waals surface area (Å²) in [6.07, 6.45) is 0.816. The zero-order valence-electron chi connectivity index (χ0n) is 16.0. The van der Waals surface area contributed by atoms with E-state index in [1.54, 1.807) is 11.8 Å². The lowest BCUT2D eigenvalue weighted by Gasteiger charge is -2.10. The highest BCUT2D eigenvalue weighted by Gasteiger charge is 2.16. The van der Waals surface area contributed by atoms with Gasteiger partial charge in [0.15, 0.2) is 5.16 Å². The molecule has 0 radical (unpaired) electrons. The van der Waals surface area contributed by atoms with Crippen LogP contribution in [0.25, 0.3) is 5.69 Å². The van der Waals surface area contributed by atoms with Gasteiger partial charge in [0.25, 0.3) is 0 Å². The number of ether oxygens (including phenoxy) is 1. The summed E-state index contributed by atoms with van der Waals surface area (Å²) >= 11 is 3.07. The molecule has 0 aliphatic heterocycles. The molecular weight excluding hydrogens is 390 g/mol. The highest BCUT2D eigenvalue weighted by atomic mass is 32.2. The summed E-state index contributed by atoms with van der Waals surface area (Å²) in [6.45, 7) is 4.50. The molecule has 0 amide bonds. The standard InChI is InChI=1S/C21H23N3O2S2/c1-3-13-26-20(25)15-28-21-23-22-19(24(21)17-7-5-4-6-8-17)14-27-18-11-9-16(2)10-12-18/h4-12H,3,13-15H2,1-2H3. The quantitative estimate of drug-likeness (QED) is 0.367. The molecule has 3 aromatic rings. The van der Waals surface area contributed by atoms with E-state index in [1.165, 1.54) is 22.2 Å². The second kappa shape index (κ2) is 10.3. The van der Waals surface area contributed by atoms with Gasteiger partial charge in [-0.25, -0.2) is 0 Å². The van der Waals surface area contributed by atoms with E-state index in [1.807, 2.05) is 41.8 Å². The smallest absolute Gasteiger partial charge is 0.316 e. The van der Waals surface area contributed by atoms with Crippen molar-refractivity contribution in [3.63, 3.8) is 0 Å². The van der Waals surface area contributed by atoms with Crippen molar-refractivity contribution in [3.8, 4) is 5.69 Å². The summed E-state index contributed by atoms with van der Waals surface area (Å²) in [5.41, 5.74) is 2.22. The second-order valence-electron chi connectivity index (χ2n) is 6.18. The first-order valence-electron chi connectivity index (χ1n) is 9.15. The number of thioether (sulfide) groups is 2. The molecule has 146 valence electrons. The van der Waals surface area contributed by atoms with Gasteiger partial charge in [0.05, 0.1) is 18.1 Å². The number of carbonyl (C=O) groups is 1. The van der Waals surface area contributed by atoms with Crippen LogP contribution in [0.15, 0.2) is 64.6 Å². The monoisotopic (exact) mass is 413 g/mol. The Morgan fingerprint density at radius 2 is 1.79 bits per heavy atom. The molecule has 0 aliphatic carbocycles. The molecule has 0 aliphatic rings. The number of carbonyl (C=O) groups excluding carboxylic acids is 1. The van der Waals surface area contributed by atoms with Gasteiger partial charge in [-0.15, -0.1) is 22.0 Å². The molecule has 7 heteroatoms. The van der Waals surface area contributed by atoms with E-state index in [-0.39, 0.29) is 11.7 Å². The van der Waals surface area contributed by atoms with Crippen molar-refractivity contribution in [2.45, 2.75) is 36.1 Å². The Bertz CT molecular complexity index is 896. The minimum Gasteiger partial charge on any atom is -0.465 e. The molecule has 0 N–H and O–H groups in total. The predicted molar refractivity (Wildman–Crippen MR) is 114 cm³/mol. The van der Waals surface area contributed by atoms with Crippen LogP contribution in [0.3, 0.4) is 0 Å². The lowest BCUT2D eigenvalue weighted by Crippen LogP contribution is -2.09. The van der Waals surface area contributed by atoms with Crippen molar-refractivity contribution in [2.24, 2.45) is 0 Å². The number of para-hydroxylation sites is 1. The lowest BCUT2D eigenvalue weighted by molar-refractivity contribution is -0.140. The number of hydrogen-bond donors (Lipinski definition) is 0. The molecule has 0 saturated heterocycles. The largest absolute Gasteiger partial charge is 0.465 e. The van der Waals surface area contributed by atoms with Crippen molar-refractivity contribution >= 4 is 29.5 Å². The Balaban J connectivity index is 1.77. The van der Waals surface area contributed by atoms with Crippen LogP contribution in [0.4, 0.5) is 0 Å². The van der Waals surface area contributed by atoms with Crippen LogP contribution in [0.1, 0.15) is 24.7 Å². The minimum atomic E-state index is -0.231. The summed E-state index contributed by atoms with van der Waals surface area (Å²) in [7, 11) is 0. The molecule has 3 rings (SSSR count). The molecule has 1 heterocycles. The first-order valence-corrected chi connectivity index (χ1v) is 11.1. The maximum Gasteiger partial charge on any atom is 0.316 e. The van der Waals surface area contributed by atoms with Gasteiger partial charge in [-0.3, -0.25) is 9.36 Å². The van der Waals surface area contributed by atoms with Gasteiger partial charge in [0.2, 0.25) is 0 Å². The number of hydrogen-bond acceptors (Lipinski definition) is 6. The van der Waals surface area contributed by atoms with Crippen molar-refractivity contribution in [2.75, 3.05) is 12.4 Å². The van der Waals surface area contributed by atoms with Crippen LogP contribution in [0, 0.1) is 6.92 Å². The van der Waals surface area contributed by atoms with Crippen LogP contribution in [0.2, 0.25) is 0 Å². The summed E-state index contributed by atoms with van der Waals surface area (Å²) < 4.78 is 7.17. The normalized spacial score (nSPS) is 10.8. The Labute approximate surface area is 173 Å². The molecule has 0 unspecified atom stereocenters. The number of aromatic nitrogens is 3. The summed E-state index contributed by atoms with van der Waals surface area (Å²) in [5.74, 6) is 1.52. The number of benzene rings is 2. The van der Waals surface area contributed by atoms with Gasteiger partial charge in [-0.1, -0.05) is 54.6 Å². The zero-order chi connectivity index (χ0) is 19.8. The van der Waals surface area contributed by atoms with Gasteiger partial charge in [0.1, 0.15) is 5.82 Å². The van der Waals surface area contributed by atoms with E-state index in [0.29, 0.717) is 17.5 Å². The zero-order valence-corrected chi connectivity index (χ0v) is 17.6. The summed E-state index contributed by atoms with van der Waals surface area (Å²) in [4.78, 5) is 13.0. The van der Waals surface area contributed by atoms with Crippen LogP contribution in [-0.2, 0) is 15.3 Å². The molecule has 2 aromatic carbocycles. The maximum absolute atomic E-state index is 11.9. The van der Waals surface area contributed by atoms with Gasteiger partial charge < -0.3 is 4.74 Å².